The Balaban J connectivity index is 3.15. The molecule has 0 aliphatic carbocycles. The summed E-state index contributed by atoms with van der Waals surface area (Å²) in [5.41, 5.74) is 4.98. The van der Waals surface area contributed by atoms with E-state index in [0.29, 0.717) is 0 Å². The van der Waals surface area contributed by atoms with Gasteiger partial charge in [0.25, 0.3) is 0 Å². The molecule has 1 rings (SSSR count). The molecule has 0 saturated carbocycles. The fourth-order valence-electron chi connectivity index (χ4n) is 0.842. The van der Waals surface area contributed by atoms with Crippen LogP contribution in [0.1, 0.15) is 0 Å². The van der Waals surface area contributed by atoms with Gasteiger partial charge in [-0.3, -0.25) is 0 Å². The lowest BCUT2D eigenvalue weighted by Gasteiger charge is -2.13. The number of nitrogens with two attached hydrogens (primary N) is 1. The number of alkyl halides is 3. The van der Waals surface area contributed by atoms with Crippen LogP contribution in [-0.4, -0.2) is 18.5 Å². The monoisotopic (exact) mass is 242 g/mol. The number of halogens is 4. The SMILES string of the molecule is COc1cnc(Cl)c(OC(F)(F)F)c1N. The molecule has 0 aliphatic heterocycles. The maximum atomic E-state index is 11.9. The molecule has 0 amide bonds. The van der Waals surface area contributed by atoms with E-state index >= 15 is 0 Å². The van der Waals surface area contributed by atoms with E-state index in [4.69, 9.17) is 17.3 Å². The highest BCUT2D eigenvalue weighted by molar-refractivity contribution is 6.31. The summed E-state index contributed by atoms with van der Waals surface area (Å²) < 4.78 is 44.1. The van der Waals surface area contributed by atoms with Crippen LogP contribution in [0.15, 0.2) is 6.20 Å². The van der Waals surface area contributed by atoms with Crippen LogP contribution in [0.25, 0.3) is 0 Å². The van der Waals surface area contributed by atoms with E-state index in [0.717, 1.165) is 6.20 Å². The molecular weight excluding hydrogens is 237 g/mol. The molecule has 0 bridgehead atoms. The second-order valence-electron chi connectivity index (χ2n) is 2.41. The number of methoxy groups -OCH3 is 1. The van der Waals surface area contributed by atoms with Crippen molar-refractivity contribution < 1.29 is 22.6 Å². The Morgan fingerprint density at radius 2 is 2.07 bits per heavy atom. The molecule has 4 nitrogen and oxygen atoms in total. The molecule has 0 spiro atoms. The van der Waals surface area contributed by atoms with Gasteiger partial charge in [-0.1, -0.05) is 11.6 Å². The molecule has 0 aliphatic rings. The highest BCUT2D eigenvalue weighted by Gasteiger charge is 2.34. The average molecular weight is 243 g/mol. The van der Waals surface area contributed by atoms with Crippen molar-refractivity contribution in [3.05, 3.63) is 11.3 Å². The largest absolute Gasteiger partial charge is 0.573 e. The molecule has 0 fully saturated rings. The number of aromatic nitrogens is 1. The van der Waals surface area contributed by atoms with Crippen molar-refractivity contribution >= 4 is 17.3 Å². The number of hydrogen-bond donors (Lipinski definition) is 1. The van der Waals surface area contributed by atoms with Crippen LogP contribution in [0.5, 0.6) is 11.5 Å². The van der Waals surface area contributed by atoms with Gasteiger partial charge in [-0.2, -0.15) is 0 Å². The fraction of sp³-hybridized carbons (Fsp3) is 0.286. The molecule has 0 radical (unpaired) electrons. The first-order valence-electron chi connectivity index (χ1n) is 3.59. The van der Waals surface area contributed by atoms with Crippen LogP contribution < -0.4 is 15.2 Å². The summed E-state index contributed by atoms with van der Waals surface area (Å²) in [4.78, 5) is 3.43. The lowest BCUT2D eigenvalue weighted by atomic mass is 10.3. The quantitative estimate of drug-likeness (QED) is 0.808. The molecule has 0 saturated heterocycles. The van der Waals surface area contributed by atoms with Crippen LogP contribution >= 0.6 is 11.6 Å². The number of ether oxygens (including phenoxy) is 2. The van der Waals surface area contributed by atoms with Crippen molar-refractivity contribution in [1.82, 2.24) is 4.98 Å². The Hall–Kier alpha value is -1.37. The minimum Gasteiger partial charge on any atom is -0.493 e. The molecule has 8 heteroatoms. The van der Waals surface area contributed by atoms with Crippen molar-refractivity contribution in [2.75, 3.05) is 12.8 Å². The van der Waals surface area contributed by atoms with Gasteiger partial charge in [0.1, 0.15) is 5.69 Å². The summed E-state index contributed by atoms with van der Waals surface area (Å²) in [6.45, 7) is 0. The lowest BCUT2D eigenvalue weighted by molar-refractivity contribution is -0.274. The zero-order valence-electron chi connectivity index (χ0n) is 7.43. The molecular formula is C7H6ClF3N2O2. The first-order valence-corrected chi connectivity index (χ1v) is 3.96. The first kappa shape index (κ1) is 11.7. The van der Waals surface area contributed by atoms with E-state index in [-0.39, 0.29) is 11.4 Å². The Labute approximate surface area is 87.7 Å². The fourth-order valence-corrected chi connectivity index (χ4v) is 1.03. The van der Waals surface area contributed by atoms with Crippen LogP contribution in [-0.2, 0) is 0 Å². The van der Waals surface area contributed by atoms with Gasteiger partial charge in [0.15, 0.2) is 16.7 Å². The molecule has 2 N–H and O–H groups in total. The Bertz CT molecular complexity index is 370. The minimum absolute atomic E-state index is 0.0429. The normalized spacial score (nSPS) is 11.3. The number of rotatable bonds is 2. The summed E-state index contributed by atoms with van der Waals surface area (Å²) in [6.07, 6.45) is -3.79. The first-order chi connectivity index (χ1) is 6.85. The predicted octanol–water partition coefficient (Wildman–Crippen LogP) is 2.22. The van der Waals surface area contributed by atoms with Crippen molar-refractivity contribution in [3.8, 4) is 11.5 Å². The van der Waals surface area contributed by atoms with Crippen LogP contribution in [0.2, 0.25) is 5.15 Å². The third-order valence-electron chi connectivity index (χ3n) is 1.43. The van der Waals surface area contributed by atoms with Crippen LogP contribution in [0.3, 0.4) is 0 Å². The number of pyridine rings is 1. The van der Waals surface area contributed by atoms with Gasteiger partial charge in [0.2, 0.25) is 0 Å². The zero-order chi connectivity index (χ0) is 11.6. The van der Waals surface area contributed by atoms with Crippen molar-refractivity contribution in [2.45, 2.75) is 6.36 Å². The maximum absolute atomic E-state index is 11.9. The van der Waals surface area contributed by atoms with Crippen molar-refractivity contribution in [3.63, 3.8) is 0 Å². The summed E-state index contributed by atoms with van der Waals surface area (Å²) in [6, 6.07) is 0. The van der Waals surface area contributed by atoms with E-state index in [9.17, 15) is 13.2 Å². The predicted molar refractivity (Wildman–Crippen MR) is 46.9 cm³/mol. The molecule has 1 aromatic rings. The second kappa shape index (κ2) is 4.01. The van der Waals surface area contributed by atoms with Crippen LogP contribution in [0.4, 0.5) is 18.9 Å². The van der Waals surface area contributed by atoms with E-state index < -0.39 is 17.3 Å². The van der Waals surface area contributed by atoms with Gasteiger partial charge in [0.05, 0.1) is 13.3 Å². The smallest absolute Gasteiger partial charge is 0.493 e. The molecule has 0 atom stereocenters. The van der Waals surface area contributed by atoms with Crippen molar-refractivity contribution in [2.24, 2.45) is 0 Å². The van der Waals surface area contributed by atoms with E-state index in [1.807, 2.05) is 0 Å². The van der Waals surface area contributed by atoms with E-state index in [1.54, 1.807) is 0 Å². The average Bonchev–Trinajstić information content (AvgIpc) is 2.11. The van der Waals surface area contributed by atoms with Crippen LogP contribution in [0, 0.1) is 0 Å². The lowest BCUT2D eigenvalue weighted by Crippen LogP contribution is -2.18. The highest BCUT2D eigenvalue weighted by Crippen LogP contribution is 2.38. The molecule has 15 heavy (non-hydrogen) atoms. The topological polar surface area (TPSA) is 57.4 Å². The Kier molecular flexibility index (Phi) is 3.13. The van der Waals surface area contributed by atoms with Gasteiger partial charge < -0.3 is 15.2 Å². The van der Waals surface area contributed by atoms with Gasteiger partial charge >= 0.3 is 6.36 Å². The number of nitrogens with zero attached hydrogens (tertiary/aromatic N) is 1. The van der Waals surface area contributed by atoms with E-state index in [1.165, 1.54) is 7.11 Å². The maximum Gasteiger partial charge on any atom is 0.573 e. The molecule has 84 valence electrons. The summed E-state index contributed by atoms with van der Waals surface area (Å²) in [5, 5.41) is -0.481. The van der Waals surface area contributed by atoms with E-state index in [2.05, 4.69) is 14.5 Å². The Morgan fingerprint density at radius 3 is 2.53 bits per heavy atom. The summed E-state index contributed by atoms with van der Waals surface area (Å²) >= 11 is 5.39. The number of anilines is 1. The van der Waals surface area contributed by atoms with Gasteiger partial charge in [0, 0.05) is 0 Å². The van der Waals surface area contributed by atoms with Gasteiger partial charge in [-0.25, -0.2) is 4.98 Å². The highest BCUT2D eigenvalue weighted by atomic mass is 35.5. The zero-order valence-corrected chi connectivity index (χ0v) is 8.19. The molecule has 1 heterocycles. The van der Waals surface area contributed by atoms with Gasteiger partial charge in [-0.15, -0.1) is 13.2 Å². The summed E-state index contributed by atoms with van der Waals surface area (Å²) in [5.74, 6) is -0.804. The molecule has 0 aromatic carbocycles. The third-order valence-corrected chi connectivity index (χ3v) is 1.70. The molecule has 0 unspecified atom stereocenters. The number of nitrogen functional groups attached to an aromatic ring is 1. The number of hydrogen-bond acceptors (Lipinski definition) is 4. The standard InChI is InChI=1S/C7H6ClF3N2O2/c1-14-3-2-13-6(8)5(4(3)12)15-7(9,10)11/h2H,1H3,(H2,12,13). The second-order valence-corrected chi connectivity index (χ2v) is 2.77. The summed E-state index contributed by atoms with van der Waals surface area (Å²) in [7, 11) is 1.23. The minimum atomic E-state index is -4.88. The molecule has 1 aromatic heterocycles. The van der Waals surface area contributed by atoms with Crippen molar-refractivity contribution in [1.29, 1.82) is 0 Å². The Morgan fingerprint density at radius 1 is 1.47 bits per heavy atom. The van der Waals surface area contributed by atoms with Gasteiger partial charge in [-0.05, 0) is 0 Å². The third kappa shape index (κ3) is 2.79.